The van der Waals surface area contributed by atoms with Crippen LogP contribution in [0.5, 0.6) is 0 Å². The number of carbonyl (C=O) groups is 2. The molecule has 1 aromatic carbocycles. The molecule has 138 valence electrons. The fourth-order valence-electron chi connectivity index (χ4n) is 2.32. The summed E-state index contributed by atoms with van der Waals surface area (Å²) in [7, 11) is 0. The number of aromatic amines is 1. The molecule has 0 fully saturated rings. The summed E-state index contributed by atoms with van der Waals surface area (Å²) < 4.78 is 5.84. The summed E-state index contributed by atoms with van der Waals surface area (Å²) in [5.41, 5.74) is -0.0803. The largest absolute Gasteiger partial charge is 0.454 e. The summed E-state index contributed by atoms with van der Waals surface area (Å²) in [5, 5.41) is 2.76. The predicted octanol–water partition coefficient (Wildman–Crippen LogP) is 0.217. The summed E-state index contributed by atoms with van der Waals surface area (Å²) in [5.74, 6) is -1.15. The fourth-order valence-corrected chi connectivity index (χ4v) is 2.32. The van der Waals surface area contributed by atoms with E-state index in [-0.39, 0.29) is 12.6 Å². The van der Waals surface area contributed by atoms with E-state index in [0.29, 0.717) is 0 Å². The second-order valence-corrected chi connectivity index (χ2v) is 5.89. The van der Waals surface area contributed by atoms with Crippen molar-refractivity contribution in [2.24, 2.45) is 0 Å². The summed E-state index contributed by atoms with van der Waals surface area (Å²) >= 11 is 0. The molecule has 0 aliphatic heterocycles. The summed E-state index contributed by atoms with van der Waals surface area (Å²) in [6.45, 7) is 1.07. The van der Waals surface area contributed by atoms with Crippen LogP contribution in [-0.4, -0.2) is 34.1 Å². The van der Waals surface area contributed by atoms with Crippen molar-refractivity contribution in [2.45, 2.75) is 32.4 Å². The van der Waals surface area contributed by atoms with Gasteiger partial charge in [0.2, 0.25) is 0 Å². The second-order valence-electron chi connectivity index (χ2n) is 5.89. The lowest BCUT2D eigenvalue weighted by atomic mass is 10.1. The monoisotopic (exact) mass is 359 g/mol. The van der Waals surface area contributed by atoms with Crippen LogP contribution >= 0.6 is 0 Å². The lowest BCUT2D eigenvalue weighted by Crippen LogP contribution is -2.37. The molecule has 0 spiro atoms. The molecular weight excluding hydrogens is 338 g/mol. The van der Waals surface area contributed by atoms with E-state index in [1.807, 2.05) is 42.2 Å². The average Bonchev–Trinajstić information content (AvgIpc) is 2.61. The van der Waals surface area contributed by atoms with Crippen molar-refractivity contribution in [1.82, 2.24) is 14.9 Å². The summed E-state index contributed by atoms with van der Waals surface area (Å²) in [6.07, 6.45) is 2.78. The highest BCUT2D eigenvalue weighted by atomic mass is 16.5. The van der Waals surface area contributed by atoms with E-state index < -0.39 is 29.7 Å². The zero-order valence-electron chi connectivity index (χ0n) is 14.4. The van der Waals surface area contributed by atoms with Gasteiger partial charge in [0.05, 0.1) is 0 Å². The van der Waals surface area contributed by atoms with Gasteiger partial charge in [0.1, 0.15) is 6.54 Å². The first kappa shape index (κ1) is 19.2. The number of H-pyrrole nitrogens is 1. The van der Waals surface area contributed by atoms with Crippen molar-refractivity contribution in [1.29, 1.82) is 0 Å². The van der Waals surface area contributed by atoms with Gasteiger partial charge in [0, 0.05) is 18.3 Å². The van der Waals surface area contributed by atoms with Crippen molar-refractivity contribution in [2.75, 3.05) is 6.61 Å². The number of esters is 1. The Morgan fingerprint density at radius 2 is 1.92 bits per heavy atom. The number of benzene rings is 1. The Morgan fingerprint density at radius 1 is 1.19 bits per heavy atom. The third-order valence-electron chi connectivity index (χ3n) is 3.68. The van der Waals surface area contributed by atoms with E-state index in [2.05, 4.69) is 5.32 Å². The Morgan fingerprint density at radius 3 is 2.62 bits per heavy atom. The molecule has 0 unspecified atom stereocenters. The molecule has 8 heteroatoms. The minimum absolute atomic E-state index is 0.0665. The molecule has 8 nitrogen and oxygen atoms in total. The molecule has 0 aliphatic carbocycles. The minimum Gasteiger partial charge on any atom is -0.454 e. The molecule has 0 aliphatic rings. The van der Waals surface area contributed by atoms with Crippen LogP contribution in [0.15, 0.2) is 52.2 Å². The lowest BCUT2D eigenvalue weighted by molar-refractivity contribution is -0.149. The van der Waals surface area contributed by atoms with Crippen molar-refractivity contribution in [3.05, 3.63) is 69.0 Å². The smallest absolute Gasteiger partial charge is 0.328 e. The van der Waals surface area contributed by atoms with Gasteiger partial charge in [-0.1, -0.05) is 30.3 Å². The maximum Gasteiger partial charge on any atom is 0.328 e. The van der Waals surface area contributed by atoms with Crippen LogP contribution in [-0.2, 0) is 27.3 Å². The standard InChI is InChI=1S/C18H21N3O5/c1-13(7-8-14-5-3-2-4-6-14)19-16(23)12-26-17(24)11-21-10-9-15(22)20-18(21)25/h2-6,9-10,13H,7-8,11-12H2,1H3,(H,19,23)(H,20,22,25)/t13-/m1/s1. The highest BCUT2D eigenvalue weighted by Gasteiger charge is 2.12. The molecule has 0 radical (unpaired) electrons. The van der Waals surface area contributed by atoms with Crippen molar-refractivity contribution >= 4 is 11.9 Å². The highest BCUT2D eigenvalue weighted by Crippen LogP contribution is 2.04. The van der Waals surface area contributed by atoms with Crippen LogP contribution < -0.4 is 16.6 Å². The average molecular weight is 359 g/mol. The number of aromatic nitrogens is 2. The maximum absolute atomic E-state index is 11.8. The Hall–Kier alpha value is -3.16. The van der Waals surface area contributed by atoms with Crippen LogP contribution in [0.4, 0.5) is 0 Å². The first-order chi connectivity index (χ1) is 12.4. The molecule has 0 bridgehead atoms. The van der Waals surface area contributed by atoms with Gasteiger partial charge in [0.25, 0.3) is 11.5 Å². The summed E-state index contributed by atoms with van der Waals surface area (Å²) in [6, 6.07) is 11.0. The quantitative estimate of drug-likeness (QED) is 0.655. The van der Waals surface area contributed by atoms with Crippen LogP contribution in [0.3, 0.4) is 0 Å². The SMILES string of the molecule is C[C@H](CCc1ccccc1)NC(=O)COC(=O)Cn1ccc(=O)[nH]c1=O. The number of aryl methyl sites for hydroxylation is 1. The highest BCUT2D eigenvalue weighted by molar-refractivity contribution is 5.80. The molecule has 1 amide bonds. The Kier molecular flexibility index (Phi) is 6.90. The second kappa shape index (κ2) is 9.36. The first-order valence-corrected chi connectivity index (χ1v) is 8.22. The Bertz CT molecular complexity index is 857. The molecule has 0 saturated heterocycles. The van der Waals surface area contributed by atoms with Gasteiger partial charge in [-0.3, -0.25) is 23.9 Å². The van der Waals surface area contributed by atoms with Crippen LogP contribution in [0, 0.1) is 0 Å². The molecule has 2 N–H and O–H groups in total. The van der Waals surface area contributed by atoms with Gasteiger partial charge in [-0.05, 0) is 25.3 Å². The number of ether oxygens (including phenoxy) is 1. The molecule has 2 aromatic rings. The van der Waals surface area contributed by atoms with Gasteiger partial charge < -0.3 is 10.1 Å². The first-order valence-electron chi connectivity index (χ1n) is 8.22. The Balaban J connectivity index is 1.71. The van der Waals surface area contributed by atoms with E-state index >= 15 is 0 Å². The number of nitrogens with zero attached hydrogens (tertiary/aromatic N) is 1. The molecule has 26 heavy (non-hydrogen) atoms. The molecular formula is C18H21N3O5. The number of carbonyl (C=O) groups excluding carboxylic acids is 2. The number of hydrogen-bond acceptors (Lipinski definition) is 5. The van der Waals surface area contributed by atoms with E-state index in [0.717, 1.165) is 23.5 Å². The topological polar surface area (TPSA) is 110 Å². The Labute approximate surface area is 149 Å². The van der Waals surface area contributed by atoms with Crippen LogP contribution in [0.2, 0.25) is 0 Å². The van der Waals surface area contributed by atoms with E-state index in [4.69, 9.17) is 4.74 Å². The van der Waals surface area contributed by atoms with E-state index in [9.17, 15) is 19.2 Å². The van der Waals surface area contributed by atoms with Gasteiger partial charge in [-0.25, -0.2) is 4.79 Å². The van der Waals surface area contributed by atoms with E-state index in [1.54, 1.807) is 0 Å². The maximum atomic E-state index is 11.8. The molecule has 1 aromatic heterocycles. The van der Waals surface area contributed by atoms with E-state index in [1.165, 1.54) is 11.8 Å². The number of nitrogens with one attached hydrogen (secondary N) is 2. The molecule has 1 heterocycles. The molecule has 2 rings (SSSR count). The van der Waals surface area contributed by atoms with Crippen molar-refractivity contribution in [3.8, 4) is 0 Å². The fraction of sp³-hybridized carbons (Fsp3) is 0.333. The van der Waals surface area contributed by atoms with Crippen molar-refractivity contribution in [3.63, 3.8) is 0 Å². The number of rotatable bonds is 8. The molecule has 0 saturated carbocycles. The zero-order valence-corrected chi connectivity index (χ0v) is 14.4. The zero-order chi connectivity index (χ0) is 18.9. The van der Waals surface area contributed by atoms with Crippen LogP contribution in [0.25, 0.3) is 0 Å². The van der Waals surface area contributed by atoms with Crippen LogP contribution in [0.1, 0.15) is 18.9 Å². The molecule has 1 atom stereocenters. The third kappa shape index (κ3) is 6.39. The van der Waals surface area contributed by atoms with Gasteiger partial charge in [0.15, 0.2) is 6.61 Å². The van der Waals surface area contributed by atoms with Crippen molar-refractivity contribution < 1.29 is 14.3 Å². The number of hydrogen-bond donors (Lipinski definition) is 2. The summed E-state index contributed by atoms with van der Waals surface area (Å²) in [4.78, 5) is 48.0. The number of amides is 1. The van der Waals surface area contributed by atoms with Gasteiger partial charge in [-0.15, -0.1) is 0 Å². The van der Waals surface area contributed by atoms with Gasteiger partial charge in [-0.2, -0.15) is 0 Å². The predicted molar refractivity (Wildman–Crippen MR) is 94.6 cm³/mol. The minimum atomic E-state index is -0.744. The lowest BCUT2D eigenvalue weighted by Gasteiger charge is -2.14. The normalized spacial score (nSPS) is 11.6. The third-order valence-corrected chi connectivity index (χ3v) is 3.68. The van der Waals surface area contributed by atoms with Gasteiger partial charge >= 0.3 is 11.7 Å².